The lowest BCUT2D eigenvalue weighted by Gasteiger charge is -2.33. The number of hydrogen-bond donors (Lipinski definition) is 4. The average Bonchev–Trinajstić information content (AvgIpc) is 3.80. The summed E-state index contributed by atoms with van der Waals surface area (Å²) in [5.41, 5.74) is 3.42. The summed E-state index contributed by atoms with van der Waals surface area (Å²) in [7, 11) is 0. The number of rotatable bonds is 25. The maximum absolute atomic E-state index is 13.4. The number of esters is 2. The number of allylic oxidation sites excluding steroid dienone is 2. The van der Waals surface area contributed by atoms with E-state index in [4.69, 9.17) is 9.47 Å². The summed E-state index contributed by atoms with van der Waals surface area (Å²) < 4.78 is 16.6. The summed E-state index contributed by atoms with van der Waals surface area (Å²) in [6.07, 6.45) is 31.5. The fourth-order valence-corrected chi connectivity index (χ4v) is 10.7. The predicted octanol–water partition coefficient (Wildman–Crippen LogP) is 8.19. The number of unbranched alkanes of at least 4 members (excludes halogenated alkanes) is 15. The number of ether oxygens (including phenoxy) is 2. The Morgan fingerprint density at radius 3 is 1.32 bits per heavy atom. The fourth-order valence-electron chi connectivity index (χ4n) is 10.7. The molecule has 2 saturated heterocycles. The van der Waals surface area contributed by atoms with Crippen molar-refractivity contribution in [3.63, 3.8) is 0 Å². The first kappa shape index (κ1) is 42.6. The molecule has 6 heterocycles. The third-order valence-electron chi connectivity index (χ3n) is 13.7. The van der Waals surface area contributed by atoms with Crippen LogP contribution >= 0.6 is 0 Å². The summed E-state index contributed by atoms with van der Waals surface area (Å²) in [4.78, 5) is 26.8. The molecule has 314 valence electrons. The third kappa shape index (κ3) is 10.9. The second-order valence-corrected chi connectivity index (χ2v) is 18.0. The van der Waals surface area contributed by atoms with Crippen molar-refractivity contribution in [2.75, 3.05) is 13.2 Å². The highest BCUT2D eigenvalue weighted by Crippen LogP contribution is 2.36. The molecule has 0 saturated carbocycles. The van der Waals surface area contributed by atoms with E-state index < -0.39 is 0 Å². The largest absolute Gasteiger partial charge is 0.462 e. The molecule has 10 nitrogen and oxygen atoms in total. The molecule has 0 aliphatic carbocycles. The lowest BCUT2D eigenvalue weighted by Crippen LogP contribution is -2.59. The van der Waals surface area contributed by atoms with E-state index in [1.54, 1.807) is 0 Å². The number of hydrogen-bond acceptors (Lipinski definition) is 8. The summed E-state index contributed by atoms with van der Waals surface area (Å²) >= 11 is 0. The molecule has 6 aliphatic heterocycles. The van der Waals surface area contributed by atoms with Crippen molar-refractivity contribution in [2.45, 2.75) is 231 Å². The molecule has 0 bridgehead atoms. The number of nitrogens with zero attached hydrogens (tertiary/aromatic N) is 2. The molecule has 0 radical (unpaired) electrons. The Labute approximate surface area is 339 Å². The van der Waals surface area contributed by atoms with Gasteiger partial charge in [0.25, 0.3) is 0 Å². The van der Waals surface area contributed by atoms with Crippen molar-refractivity contribution < 1.29 is 28.2 Å². The van der Waals surface area contributed by atoms with Crippen molar-refractivity contribution in [1.29, 1.82) is 0 Å². The van der Waals surface area contributed by atoms with Gasteiger partial charge in [-0.15, -0.1) is 0 Å². The smallest absolute Gasteiger partial charge is 0.351 e. The van der Waals surface area contributed by atoms with Crippen molar-refractivity contribution in [3.05, 3.63) is 22.5 Å². The third-order valence-corrected chi connectivity index (χ3v) is 13.7. The average molecular weight is 779 g/mol. The normalized spacial score (nSPS) is 26.4. The molecule has 6 rings (SSSR count). The van der Waals surface area contributed by atoms with E-state index in [-0.39, 0.29) is 24.0 Å². The molecule has 10 heteroatoms. The van der Waals surface area contributed by atoms with Gasteiger partial charge in [0.2, 0.25) is 0 Å². The van der Waals surface area contributed by atoms with Gasteiger partial charge in [0, 0.05) is 12.8 Å². The Morgan fingerprint density at radius 1 is 0.536 bits per heavy atom. The molecule has 56 heavy (non-hydrogen) atoms. The SMILES string of the molecule is CCCCCCCCCC[C@H]1C[C@H]2CC[C@H]3C(C(=O)OCCCCCOC(=O)C4=C(C)NC5=[N+]6[C@H](CC[C@@H]46)C[C@H](CCCCCCCCC)N5)=C(C)NC(=[N+]23)N1. The molecule has 0 spiro atoms. The quantitative estimate of drug-likeness (QED) is 0.0418. The second kappa shape index (κ2) is 21.6. The van der Waals surface area contributed by atoms with Crippen LogP contribution in [-0.4, -0.2) is 82.5 Å². The van der Waals surface area contributed by atoms with E-state index in [1.807, 2.05) is 13.8 Å². The lowest BCUT2D eigenvalue weighted by molar-refractivity contribution is -0.581. The Hall–Kier alpha value is -3.04. The molecule has 0 aromatic carbocycles. The summed E-state index contributed by atoms with van der Waals surface area (Å²) in [5.74, 6) is 1.80. The Kier molecular flexibility index (Phi) is 16.4. The van der Waals surface area contributed by atoms with Crippen LogP contribution in [0, 0.1) is 0 Å². The van der Waals surface area contributed by atoms with Gasteiger partial charge >= 0.3 is 23.9 Å². The number of carbonyl (C=O) groups excluding carboxylic acids is 2. The first-order valence-electron chi connectivity index (χ1n) is 23.5. The van der Waals surface area contributed by atoms with Gasteiger partial charge in [0.15, 0.2) is 0 Å². The van der Waals surface area contributed by atoms with Gasteiger partial charge < -0.3 is 9.47 Å². The zero-order valence-electron chi connectivity index (χ0n) is 35.8. The summed E-state index contributed by atoms with van der Waals surface area (Å²) in [6.45, 7) is 9.36. The molecular formula is C46H78N6O4+2. The van der Waals surface area contributed by atoms with Crippen LogP contribution in [-0.2, 0) is 19.1 Å². The van der Waals surface area contributed by atoms with Crippen molar-refractivity contribution in [1.82, 2.24) is 21.3 Å². The van der Waals surface area contributed by atoms with Gasteiger partial charge in [-0.2, -0.15) is 0 Å². The van der Waals surface area contributed by atoms with Crippen LogP contribution in [0.3, 0.4) is 0 Å². The van der Waals surface area contributed by atoms with Crippen LogP contribution in [0.15, 0.2) is 22.5 Å². The molecular weight excluding hydrogens is 701 g/mol. The van der Waals surface area contributed by atoms with Crippen LogP contribution in [0.25, 0.3) is 0 Å². The van der Waals surface area contributed by atoms with E-state index in [1.165, 1.54) is 109 Å². The Bertz CT molecular complexity index is 1470. The molecule has 2 fully saturated rings. The number of nitrogens with one attached hydrogen (secondary N) is 4. The highest BCUT2D eigenvalue weighted by molar-refractivity contribution is 5.94. The number of carbonyl (C=O) groups is 2. The lowest BCUT2D eigenvalue weighted by atomic mass is 9.97. The summed E-state index contributed by atoms with van der Waals surface area (Å²) in [6, 6.07) is 2.15. The molecule has 0 unspecified atom stereocenters. The monoisotopic (exact) mass is 779 g/mol. The van der Waals surface area contributed by atoms with Crippen LogP contribution in [0.2, 0.25) is 0 Å². The fraction of sp³-hybridized carbons (Fsp3) is 0.826. The molecule has 4 N–H and O–H groups in total. The number of guanidine groups is 2. The topological polar surface area (TPSA) is 107 Å². The Morgan fingerprint density at radius 2 is 0.911 bits per heavy atom. The van der Waals surface area contributed by atoms with E-state index >= 15 is 0 Å². The van der Waals surface area contributed by atoms with Crippen LogP contribution < -0.4 is 21.3 Å². The molecule has 0 aromatic heterocycles. The maximum Gasteiger partial charge on any atom is 0.351 e. The minimum absolute atomic E-state index is 0.0904. The van der Waals surface area contributed by atoms with Crippen LogP contribution in [0.1, 0.15) is 195 Å². The van der Waals surface area contributed by atoms with Gasteiger partial charge in [-0.1, -0.05) is 110 Å². The first-order valence-corrected chi connectivity index (χ1v) is 23.5. The van der Waals surface area contributed by atoms with E-state index in [0.717, 1.165) is 92.2 Å². The van der Waals surface area contributed by atoms with Gasteiger partial charge in [-0.25, -0.2) is 20.2 Å². The minimum Gasteiger partial charge on any atom is -0.462 e. The van der Waals surface area contributed by atoms with E-state index in [9.17, 15) is 9.59 Å². The minimum atomic E-state index is -0.193. The zero-order valence-corrected chi connectivity index (χ0v) is 35.8. The molecule has 6 atom stereocenters. The van der Waals surface area contributed by atoms with Gasteiger partial charge in [-0.3, -0.25) is 19.8 Å². The van der Waals surface area contributed by atoms with Crippen molar-refractivity contribution in [2.24, 2.45) is 0 Å². The Balaban J connectivity index is 0.859. The van der Waals surface area contributed by atoms with Gasteiger partial charge in [0.05, 0.1) is 48.8 Å². The van der Waals surface area contributed by atoms with Gasteiger partial charge in [0.1, 0.15) is 23.2 Å². The van der Waals surface area contributed by atoms with Gasteiger partial charge in [-0.05, 0) is 71.6 Å². The summed E-state index contributed by atoms with van der Waals surface area (Å²) in [5, 5.41) is 14.7. The van der Waals surface area contributed by atoms with Crippen LogP contribution in [0.4, 0.5) is 0 Å². The predicted molar refractivity (Wildman–Crippen MR) is 225 cm³/mol. The first-order chi connectivity index (χ1) is 27.4. The second-order valence-electron chi connectivity index (χ2n) is 18.0. The molecule has 0 aromatic rings. The van der Waals surface area contributed by atoms with E-state index in [2.05, 4.69) is 44.3 Å². The molecule has 6 aliphatic rings. The van der Waals surface area contributed by atoms with Crippen LogP contribution in [0.5, 0.6) is 0 Å². The standard InChI is InChI=1S/C46H76N6O4/c1-5-7-9-11-13-15-17-20-24-36-32-38-26-28-40-42(34(4)48-46(50-36)52(38)40)44(54)56-30-22-18-21-29-55-43(53)41-33(3)47-45-49-35(23-19-16-14-12-10-8-6-2)31-37-25-27-39(41)51(37)45/h35-40H,5-32H2,1-4H3,(H2,47,48,49,50,53,54)/p+2/t35-,36-,37+,38+,39-,40-/m0/s1. The van der Waals surface area contributed by atoms with E-state index in [0.29, 0.717) is 37.4 Å². The van der Waals surface area contributed by atoms with Crippen molar-refractivity contribution in [3.8, 4) is 0 Å². The van der Waals surface area contributed by atoms with Crippen molar-refractivity contribution >= 4 is 23.9 Å². The zero-order chi connectivity index (χ0) is 39.3. The maximum atomic E-state index is 13.4. The highest BCUT2D eigenvalue weighted by Gasteiger charge is 2.49. The molecule has 0 amide bonds. The highest BCUT2D eigenvalue weighted by atomic mass is 16.5.